The lowest BCUT2D eigenvalue weighted by atomic mass is 9.92. The highest BCUT2D eigenvalue weighted by atomic mass is 16.6. The van der Waals surface area contributed by atoms with Gasteiger partial charge in [-0.25, -0.2) is 0 Å². The minimum Gasteiger partial charge on any atom is -0.350 e. The molecule has 0 N–H and O–H groups in total. The predicted octanol–water partition coefficient (Wildman–Crippen LogP) is 5.32. The molecule has 5 heteroatoms. The van der Waals surface area contributed by atoms with Gasteiger partial charge >= 0.3 is 0 Å². The third kappa shape index (κ3) is 3.70. The molecule has 2 aromatic carbocycles. The molecule has 0 saturated heterocycles. The molecule has 0 aliphatic carbocycles. The highest BCUT2D eigenvalue weighted by Gasteiger charge is 2.30. The van der Waals surface area contributed by atoms with Crippen molar-refractivity contribution in [2.45, 2.75) is 46.3 Å². The Kier molecular flexibility index (Phi) is 5.24. The van der Waals surface area contributed by atoms with Crippen LogP contribution in [0.1, 0.15) is 46.0 Å². The van der Waals surface area contributed by atoms with Crippen LogP contribution in [0.25, 0.3) is 0 Å². The van der Waals surface area contributed by atoms with Crippen LogP contribution in [0.4, 0.5) is 5.69 Å². The minimum atomic E-state index is -0.272. The Hall–Kier alpha value is -2.92. The summed E-state index contributed by atoms with van der Waals surface area (Å²) in [5, 5.41) is 11.6. The molecule has 150 valence electrons. The van der Waals surface area contributed by atoms with Gasteiger partial charge in [0.15, 0.2) is 0 Å². The van der Waals surface area contributed by atoms with E-state index in [0.29, 0.717) is 6.54 Å². The van der Waals surface area contributed by atoms with Crippen molar-refractivity contribution in [3.63, 3.8) is 0 Å². The zero-order valence-corrected chi connectivity index (χ0v) is 17.3. The number of aromatic nitrogens is 1. The summed E-state index contributed by atoms with van der Waals surface area (Å²) in [7, 11) is 0. The number of para-hydroxylation sites is 1. The largest absolute Gasteiger partial charge is 0.350 e. The lowest BCUT2D eigenvalue weighted by molar-refractivity contribution is -0.385. The van der Waals surface area contributed by atoms with Gasteiger partial charge in [0.05, 0.1) is 11.0 Å². The van der Waals surface area contributed by atoms with Gasteiger partial charge < -0.3 is 4.57 Å². The van der Waals surface area contributed by atoms with Crippen LogP contribution < -0.4 is 0 Å². The van der Waals surface area contributed by atoms with Crippen LogP contribution in [0.5, 0.6) is 0 Å². The van der Waals surface area contributed by atoms with Crippen molar-refractivity contribution in [1.29, 1.82) is 0 Å². The number of hydrogen-bond acceptors (Lipinski definition) is 3. The van der Waals surface area contributed by atoms with Crippen molar-refractivity contribution in [3.05, 3.63) is 98.4 Å². The molecule has 1 atom stereocenters. The number of fused-ring (bicyclic) bond motifs is 1. The smallest absolute Gasteiger partial charge is 0.273 e. The lowest BCUT2D eigenvalue weighted by Crippen LogP contribution is -2.30. The molecule has 0 spiro atoms. The van der Waals surface area contributed by atoms with Gasteiger partial charge in [0.2, 0.25) is 0 Å². The van der Waals surface area contributed by atoms with Gasteiger partial charge in [0, 0.05) is 43.2 Å². The predicted molar refractivity (Wildman–Crippen MR) is 115 cm³/mol. The highest BCUT2D eigenvalue weighted by molar-refractivity contribution is 5.43. The molecular formula is C24H27N3O2. The summed E-state index contributed by atoms with van der Waals surface area (Å²) in [6.45, 7) is 8.89. The number of nitro groups is 1. The van der Waals surface area contributed by atoms with Crippen LogP contribution in [0.15, 0.2) is 54.7 Å². The van der Waals surface area contributed by atoms with Gasteiger partial charge in [-0.05, 0) is 61.6 Å². The van der Waals surface area contributed by atoms with Crippen LogP contribution in [-0.4, -0.2) is 20.9 Å². The van der Waals surface area contributed by atoms with Gasteiger partial charge in [0.25, 0.3) is 5.69 Å². The second-order valence-electron chi connectivity index (χ2n) is 8.03. The van der Waals surface area contributed by atoms with E-state index in [2.05, 4.69) is 60.7 Å². The molecule has 1 unspecified atom stereocenters. The number of aryl methyl sites for hydroxylation is 4. The van der Waals surface area contributed by atoms with Gasteiger partial charge in [-0.2, -0.15) is 0 Å². The number of benzene rings is 2. The van der Waals surface area contributed by atoms with E-state index in [9.17, 15) is 10.1 Å². The molecule has 0 saturated carbocycles. The van der Waals surface area contributed by atoms with E-state index in [4.69, 9.17) is 0 Å². The first kappa shape index (κ1) is 19.4. The lowest BCUT2D eigenvalue weighted by Gasteiger charge is -2.32. The van der Waals surface area contributed by atoms with Crippen LogP contribution >= 0.6 is 0 Å². The van der Waals surface area contributed by atoms with Gasteiger partial charge in [-0.15, -0.1) is 0 Å². The topological polar surface area (TPSA) is 51.3 Å². The first-order valence-electron chi connectivity index (χ1n) is 10.1. The van der Waals surface area contributed by atoms with E-state index in [1.807, 2.05) is 12.1 Å². The SMILES string of the molecule is Cc1cc(C)c(C2c3cccn3CCCN2Cc2ccccc2[N+](=O)[O-])cc1C. The van der Waals surface area contributed by atoms with Crippen molar-refractivity contribution in [2.24, 2.45) is 0 Å². The Morgan fingerprint density at radius 2 is 1.76 bits per heavy atom. The maximum atomic E-state index is 11.6. The quantitative estimate of drug-likeness (QED) is 0.448. The van der Waals surface area contributed by atoms with Crippen LogP contribution in [0.3, 0.4) is 0 Å². The molecule has 0 radical (unpaired) electrons. The number of hydrogen-bond donors (Lipinski definition) is 0. The highest BCUT2D eigenvalue weighted by Crippen LogP contribution is 2.36. The fourth-order valence-corrected chi connectivity index (χ4v) is 4.48. The summed E-state index contributed by atoms with van der Waals surface area (Å²) in [4.78, 5) is 13.7. The average Bonchev–Trinajstić information content (AvgIpc) is 3.07. The van der Waals surface area contributed by atoms with Crippen molar-refractivity contribution >= 4 is 5.69 Å². The van der Waals surface area contributed by atoms with Crippen molar-refractivity contribution < 1.29 is 4.92 Å². The second kappa shape index (κ2) is 7.84. The first-order chi connectivity index (χ1) is 14.0. The molecule has 0 amide bonds. The van der Waals surface area contributed by atoms with Crippen molar-refractivity contribution in [3.8, 4) is 0 Å². The summed E-state index contributed by atoms with van der Waals surface area (Å²) in [6.07, 6.45) is 3.16. The van der Waals surface area contributed by atoms with E-state index >= 15 is 0 Å². The average molecular weight is 389 g/mol. The van der Waals surface area contributed by atoms with E-state index < -0.39 is 0 Å². The van der Waals surface area contributed by atoms with Crippen LogP contribution in [0.2, 0.25) is 0 Å². The summed E-state index contributed by atoms with van der Waals surface area (Å²) < 4.78 is 2.33. The summed E-state index contributed by atoms with van der Waals surface area (Å²) >= 11 is 0. The Labute approximate surface area is 171 Å². The van der Waals surface area contributed by atoms with Gasteiger partial charge in [-0.1, -0.05) is 30.3 Å². The van der Waals surface area contributed by atoms with Gasteiger partial charge in [-0.3, -0.25) is 15.0 Å². The molecule has 0 fully saturated rings. The second-order valence-corrected chi connectivity index (χ2v) is 8.03. The van der Waals surface area contributed by atoms with E-state index in [1.165, 1.54) is 27.9 Å². The number of nitro benzene ring substituents is 1. The molecule has 0 bridgehead atoms. The molecular weight excluding hydrogens is 362 g/mol. The summed E-state index contributed by atoms with van der Waals surface area (Å²) in [6, 6.07) is 16.0. The number of rotatable bonds is 4. The summed E-state index contributed by atoms with van der Waals surface area (Å²) in [5.41, 5.74) is 7.34. The van der Waals surface area contributed by atoms with Crippen LogP contribution in [-0.2, 0) is 13.1 Å². The Bertz CT molecular complexity index is 1050. The molecule has 1 aromatic heterocycles. The molecule has 4 rings (SSSR count). The van der Waals surface area contributed by atoms with Crippen molar-refractivity contribution in [2.75, 3.05) is 6.54 Å². The van der Waals surface area contributed by atoms with E-state index in [-0.39, 0.29) is 16.7 Å². The fourth-order valence-electron chi connectivity index (χ4n) is 4.48. The fraction of sp³-hybridized carbons (Fsp3) is 0.333. The normalized spacial score (nSPS) is 17.0. The number of nitrogens with zero attached hydrogens (tertiary/aromatic N) is 3. The van der Waals surface area contributed by atoms with Gasteiger partial charge in [0.1, 0.15) is 0 Å². The molecule has 2 heterocycles. The zero-order valence-electron chi connectivity index (χ0n) is 17.3. The molecule has 1 aliphatic rings. The molecule has 1 aliphatic heterocycles. The molecule has 3 aromatic rings. The maximum Gasteiger partial charge on any atom is 0.273 e. The van der Waals surface area contributed by atoms with Crippen molar-refractivity contribution in [1.82, 2.24) is 9.47 Å². The maximum absolute atomic E-state index is 11.6. The van der Waals surface area contributed by atoms with Crippen LogP contribution in [0, 0.1) is 30.9 Å². The Morgan fingerprint density at radius 1 is 1.00 bits per heavy atom. The molecule has 29 heavy (non-hydrogen) atoms. The third-order valence-electron chi connectivity index (χ3n) is 6.09. The van der Waals surface area contributed by atoms with E-state index in [0.717, 1.165) is 25.1 Å². The first-order valence-corrected chi connectivity index (χ1v) is 10.1. The monoisotopic (exact) mass is 389 g/mol. The third-order valence-corrected chi connectivity index (χ3v) is 6.09. The Balaban J connectivity index is 1.82. The van der Waals surface area contributed by atoms with E-state index in [1.54, 1.807) is 12.1 Å². The standard InChI is InChI=1S/C24H27N3O2/c1-17-14-19(3)21(15-18(17)2)24-23-10-6-11-25(23)12-7-13-26(24)16-20-8-4-5-9-22(20)27(28)29/h4-6,8-11,14-15,24H,7,12-13,16H2,1-3H3. The minimum absolute atomic E-state index is 0.0756. The summed E-state index contributed by atoms with van der Waals surface area (Å²) in [5.74, 6) is 0. The zero-order chi connectivity index (χ0) is 20.5. The Morgan fingerprint density at radius 3 is 2.55 bits per heavy atom. The molecule has 5 nitrogen and oxygen atoms in total.